The standard InChI is InChI=1S/C19H17Cl2N3OS/c1-3-22-19-24(23-12(2)13-4-7-15(25)8-5-13)18(11-26-19)14-6-9-16(20)17(21)10-14/h4-11,25H,3H2,1-2H3. The smallest absolute Gasteiger partial charge is 0.206 e. The number of aromatic hydroxyl groups is 1. The summed E-state index contributed by atoms with van der Waals surface area (Å²) in [4.78, 5) is 5.33. The highest BCUT2D eigenvalue weighted by molar-refractivity contribution is 7.07. The van der Waals surface area contributed by atoms with E-state index >= 15 is 0 Å². The second-order valence-electron chi connectivity index (χ2n) is 5.55. The van der Waals surface area contributed by atoms with Crippen molar-refractivity contribution in [1.29, 1.82) is 0 Å². The maximum Gasteiger partial charge on any atom is 0.206 e. The Morgan fingerprint density at radius 2 is 1.85 bits per heavy atom. The molecule has 0 amide bonds. The van der Waals surface area contributed by atoms with Gasteiger partial charge in [-0.05, 0) is 55.8 Å². The zero-order valence-electron chi connectivity index (χ0n) is 14.3. The maximum atomic E-state index is 9.47. The highest BCUT2D eigenvalue weighted by atomic mass is 35.5. The van der Waals surface area contributed by atoms with Gasteiger partial charge in [-0.3, -0.25) is 4.99 Å². The molecule has 0 radical (unpaired) electrons. The fourth-order valence-electron chi connectivity index (χ4n) is 2.40. The van der Waals surface area contributed by atoms with E-state index in [-0.39, 0.29) is 5.75 Å². The van der Waals surface area contributed by atoms with Gasteiger partial charge >= 0.3 is 0 Å². The number of phenolic OH excluding ortho intramolecular Hbond substituents is 1. The first kappa shape index (κ1) is 18.7. The van der Waals surface area contributed by atoms with E-state index in [2.05, 4.69) is 4.99 Å². The molecule has 0 bridgehead atoms. The molecular weight excluding hydrogens is 389 g/mol. The van der Waals surface area contributed by atoms with E-state index in [1.165, 1.54) is 11.3 Å². The predicted molar refractivity (Wildman–Crippen MR) is 110 cm³/mol. The number of benzene rings is 2. The van der Waals surface area contributed by atoms with Crippen LogP contribution in [-0.4, -0.2) is 22.0 Å². The molecule has 2 aromatic carbocycles. The number of rotatable bonds is 4. The zero-order valence-corrected chi connectivity index (χ0v) is 16.6. The first-order valence-corrected chi connectivity index (χ1v) is 9.64. The van der Waals surface area contributed by atoms with E-state index < -0.39 is 0 Å². The number of hydrogen-bond donors (Lipinski definition) is 1. The predicted octanol–water partition coefficient (Wildman–Crippen LogP) is 5.42. The van der Waals surface area contributed by atoms with Crippen LogP contribution in [-0.2, 0) is 0 Å². The van der Waals surface area contributed by atoms with Gasteiger partial charge in [0.1, 0.15) is 5.75 Å². The van der Waals surface area contributed by atoms with Crippen molar-refractivity contribution >= 4 is 40.3 Å². The second kappa shape index (κ2) is 8.08. The molecule has 0 fully saturated rings. The minimum atomic E-state index is 0.225. The third-order valence-corrected chi connectivity index (χ3v) is 5.32. The quantitative estimate of drug-likeness (QED) is 0.578. The lowest BCUT2D eigenvalue weighted by molar-refractivity contribution is 0.475. The van der Waals surface area contributed by atoms with Gasteiger partial charge in [0.2, 0.25) is 4.80 Å². The monoisotopic (exact) mass is 405 g/mol. The molecule has 0 spiro atoms. The topological polar surface area (TPSA) is 49.9 Å². The molecule has 1 aromatic heterocycles. The lowest BCUT2D eigenvalue weighted by Crippen LogP contribution is -2.14. The van der Waals surface area contributed by atoms with Gasteiger partial charge in [0.15, 0.2) is 0 Å². The van der Waals surface area contributed by atoms with Gasteiger partial charge in [0.25, 0.3) is 0 Å². The van der Waals surface area contributed by atoms with Gasteiger partial charge in [0, 0.05) is 17.5 Å². The van der Waals surface area contributed by atoms with E-state index in [1.54, 1.807) is 18.2 Å². The molecule has 3 rings (SSSR count). The average Bonchev–Trinajstić information content (AvgIpc) is 3.01. The highest BCUT2D eigenvalue weighted by Crippen LogP contribution is 2.29. The van der Waals surface area contributed by atoms with Crippen LogP contribution in [0.25, 0.3) is 11.3 Å². The second-order valence-corrected chi connectivity index (χ2v) is 7.20. The normalized spacial score (nSPS) is 12.6. The van der Waals surface area contributed by atoms with Crippen molar-refractivity contribution in [1.82, 2.24) is 4.68 Å². The first-order chi connectivity index (χ1) is 12.5. The molecule has 0 saturated heterocycles. The minimum absolute atomic E-state index is 0.225. The van der Waals surface area contributed by atoms with Crippen molar-refractivity contribution in [3.63, 3.8) is 0 Å². The van der Waals surface area contributed by atoms with Crippen LogP contribution < -0.4 is 4.80 Å². The third-order valence-electron chi connectivity index (χ3n) is 3.73. The van der Waals surface area contributed by atoms with Gasteiger partial charge in [-0.25, -0.2) is 4.68 Å². The van der Waals surface area contributed by atoms with E-state index in [4.69, 9.17) is 28.3 Å². The van der Waals surface area contributed by atoms with Gasteiger partial charge < -0.3 is 5.11 Å². The Hall–Kier alpha value is -2.08. The fourth-order valence-corrected chi connectivity index (χ4v) is 3.60. The first-order valence-electron chi connectivity index (χ1n) is 8.01. The van der Waals surface area contributed by atoms with Crippen molar-refractivity contribution in [3.05, 3.63) is 68.3 Å². The van der Waals surface area contributed by atoms with E-state index in [0.717, 1.165) is 27.3 Å². The van der Waals surface area contributed by atoms with Crippen molar-refractivity contribution in [3.8, 4) is 17.0 Å². The fraction of sp³-hybridized carbons (Fsp3) is 0.158. The molecule has 7 heteroatoms. The maximum absolute atomic E-state index is 9.47. The van der Waals surface area contributed by atoms with Crippen LogP contribution in [0.4, 0.5) is 0 Å². The van der Waals surface area contributed by atoms with E-state index in [1.807, 2.05) is 48.2 Å². The number of hydrogen-bond acceptors (Lipinski definition) is 4. The van der Waals surface area contributed by atoms with E-state index in [9.17, 15) is 5.11 Å². The lowest BCUT2D eigenvalue weighted by atomic mass is 10.1. The third kappa shape index (κ3) is 4.01. The molecule has 1 heterocycles. The van der Waals surface area contributed by atoms with Crippen LogP contribution in [0.1, 0.15) is 19.4 Å². The van der Waals surface area contributed by atoms with Gasteiger partial charge in [-0.2, -0.15) is 5.10 Å². The molecule has 0 aliphatic rings. The van der Waals surface area contributed by atoms with Crippen molar-refractivity contribution in [2.24, 2.45) is 10.1 Å². The summed E-state index contributed by atoms with van der Waals surface area (Å²) >= 11 is 13.7. The Morgan fingerprint density at radius 1 is 1.12 bits per heavy atom. The molecule has 134 valence electrons. The van der Waals surface area contributed by atoms with E-state index in [0.29, 0.717) is 16.6 Å². The zero-order chi connectivity index (χ0) is 18.7. The molecule has 0 unspecified atom stereocenters. The van der Waals surface area contributed by atoms with Crippen LogP contribution in [0.5, 0.6) is 5.75 Å². The highest BCUT2D eigenvalue weighted by Gasteiger charge is 2.10. The minimum Gasteiger partial charge on any atom is -0.508 e. The Morgan fingerprint density at radius 3 is 2.50 bits per heavy atom. The summed E-state index contributed by atoms with van der Waals surface area (Å²) in [6.07, 6.45) is 0. The number of nitrogens with zero attached hydrogens (tertiary/aromatic N) is 3. The SMILES string of the molecule is CCN=c1scc(-c2ccc(Cl)c(Cl)c2)n1N=C(C)c1ccc(O)cc1. The average molecular weight is 406 g/mol. The molecule has 3 aromatic rings. The largest absolute Gasteiger partial charge is 0.508 e. The molecule has 26 heavy (non-hydrogen) atoms. The summed E-state index contributed by atoms with van der Waals surface area (Å²) in [5.41, 5.74) is 3.53. The van der Waals surface area contributed by atoms with Gasteiger partial charge in [-0.15, -0.1) is 11.3 Å². The van der Waals surface area contributed by atoms with Crippen LogP contribution in [0.15, 0.2) is 57.9 Å². The Bertz CT molecular complexity index is 1020. The Kier molecular flexibility index (Phi) is 5.81. The number of phenols is 1. The van der Waals surface area contributed by atoms with Crippen molar-refractivity contribution in [2.45, 2.75) is 13.8 Å². The van der Waals surface area contributed by atoms with Crippen LogP contribution in [0, 0.1) is 0 Å². The van der Waals surface area contributed by atoms with Crippen LogP contribution in [0.3, 0.4) is 0 Å². The number of aromatic nitrogens is 1. The molecule has 0 aliphatic heterocycles. The van der Waals surface area contributed by atoms with Crippen molar-refractivity contribution < 1.29 is 5.11 Å². The molecule has 0 aliphatic carbocycles. The molecule has 1 N–H and O–H groups in total. The van der Waals surface area contributed by atoms with Gasteiger partial charge in [-0.1, -0.05) is 29.3 Å². The van der Waals surface area contributed by atoms with Crippen molar-refractivity contribution in [2.75, 3.05) is 6.54 Å². The van der Waals surface area contributed by atoms with Crippen LogP contribution in [0.2, 0.25) is 10.0 Å². The summed E-state index contributed by atoms with van der Waals surface area (Å²) in [5, 5.41) is 17.2. The summed E-state index contributed by atoms with van der Waals surface area (Å²) in [6.45, 7) is 4.57. The molecular formula is C19H17Cl2N3OS. The molecule has 4 nitrogen and oxygen atoms in total. The Labute approximate surface area is 165 Å². The van der Waals surface area contributed by atoms with Gasteiger partial charge in [0.05, 0.1) is 21.5 Å². The number of halogens is 2. The summed E-state index contributed by atoms with van der Waals surface area (Å²) < 4.78 is 1.82. The lowest BCUT2D eigenvalue weighted by Gasteiger charge is -2.07. The summed E-state index contributed by atoms with van der Waals surface area (Å²) in [6, 6.07) is 12.5. The molecule has 0 saturated carbocycles. The van der Waals surface area contributed by atoms with Crippen LogP contribution >= 0.6 is 34.5 Å². The molecule has 0 atom stereocenters. The number of thiazole rings is 1. The Balaban J connectivity index is 2.14. The summed E-state index contributed by atoms with van der Waals surface area (Å²) in [7, 11) is 0. The summed E-state index contributed by atoms with van der Waals surface area (Å²) in [5.74, 6) is 0.225.